The van der Waals surface area contributed by atoms with E-state index in [-0.39, 0.29) is 11.0 Å². The number of rotatable bonds is 8. The summed E-state index contributed by atoms with van der Waals surface area (Å²) in [7, 11) is 1.89. The summed E-state index contributed by atoms with van der Waals surface area (Å²) < 4.78 is 50.3. The van der Waals surface area contributed by atoms with Crippen LogP contribution >= 0.6 is 11.6 Å². The van der Waals surface area contributed by atoms with Gasteiger partial charge in [-0.3, -0.25) is 0 Å². The maximum Gasteiger partial charge on any atom is 0.437 e. The van der Waals surface area contributed by atoms with Crippen molar-refractivity contribution in [3.8, 4) is 5.75 Å². The van der Waals surface area contributed by atoms with Crippen LogP contribution in [0.4, 0.5) is 24.5 Å². The number of aryl methyl sites for hydroxylation is 1. The van der Waals surface area contributed by atoms with Gasteiger partial charge in [0.25, 0.3) is 0 Å². The highest BCUT2D eigenvalue weighted by atomic mass is 35.5. The van der Waals surface area contributed by atoms with Gasteiger partial charge in [-0.1, -0.05) is 36.2 Å². The normalized spacial score (nSPS) is 11.5. The highest BCUT2D eigenvalue weighted by Crippen LogP contribution is 2.38. The Morgan fingerprint density at radius 3 is 2.68 bits per heavy atom. The molecule has 1 heterocycles. The van der Waals surface area contributed by atoms with Crippen LogP contribution in [0, 0.1) is 6.57 Å². The van der Waals surface area contributed by atoms with E-state index in [1.165, 1.54) is 6.07 Å². The summed E-state index contributed by atoms with van der Waals surface area (Å²) in [6, 6.07) is 8.01. The van der Waals surface area contributed by atoms with Crippen molar-refractivity contribution < 1.29 is 22.4 Å². The number of halogens is 4. The van der Waals surface area contributed by atoms with Crippen LogP contribution in [0.3, 0.4) is 0 Å². The standard InChI is InChI=1S/C22H21ClF3N3O2/c1-4-6-15-19(10-8-16-20(15)31-28-21(16)22(24,25)26)30-12-5-11-29(3)18-9-7-14(27-2)13-17(18)23/h7-10,13H,4-6,11-12H2,1,3H3. The Hall–Kier alpha value is -2.92. The minimum atomic E-state index is -4.57. The first-order valence-corrected chi connectivity index (χ1v) is 10.1. The zero-order valence-electron chi connectivity index (χ0n) is 17.1. The van der Waals surface area contributed by atoms with Crippen LogP contribution in [-0.4, -0.2) is 25.4 Å². The van der Waals surface area contributed by atoms with E-state index in [9.17, 15) is 13.2 Å². The molecule has 31 heavy (non-hydrogen) atoms. The molecule has 0 amide bonds. The molecule has 2 aromatic carbocycles. The Labute approximate surface area is 183 Å². The van der Waals surface area contributed by atoms with Crippen molar-refractivity contribution in [1.29, 1.82) is 0 Å². The maximum absolute atomic E-state index is 13.1. The summed E-state index contributed by atoms with van der Waals surface area (Å²) >= 11 is 6.24. The molecule has 5 nitrogen and oxygen atoms in total. The average Bonchev–Trinajstić information content (AvgIpc) is 3.17. The van der Waals surface area contributed by atoms with Gasteiger partial charge in [0.05, 0.1) is 29.3 Å². The Morgan fingerprint density at radius 1 is 1.26 bits per heavy atom. The number of nitrogens with zero attached hydrogens (tertiary/aromatic N) is 3. The van der Waals surface area contributed by atoms with E-state index in [1.807, 2.05) is 18.9 Å². The summed E-state index contributed by atoms with van der Waals surface area (Å²) in [5.41, 5.74) is 0.979. The van der Waals surface area contributed by atoms with Gasteiger partial charge in [0.1, 0.15) is 5.75 Å². The molecule has 0 atom stereocenters. The third-order valence-electron chi connectivity index (χ3n) is 4.84. The Morgan fingerprint density at radius 2 is 2.03 bits per heavy atom. The second-order valence-corrected chi connectivity index (χ2v) is 7.48. The van der Waals surface area contributed by atoms with Crippen molar-refractivity contribution in [1.82, 2.24) is 5.16 Å². The number of ether oxygens (including phenoxy) is 1. The molecule has 0 aliphatic rings. The fourth-order valence-corrected chi connectivity index (χ4v) is 3.67. The van der Waals surface area contributed by atoms with Gasteiger partial charge in [0.2, 0.25) is 0 Å². The van der Waals surface area contributed by atoms with Crippen molar-refractivity contribution in [3.63, 3.8) is 0 Å². The smallest absolute Gasteiger partial charge is 0.437 e. The van der Waals surface area contributed by atoms with Crippen LogP contribution in [0.25, 0.3) is 15.8 Å². The van der Waals surface area contributed by atoms with E-state index >= 15 is 0 Å². The Kier molecular flexibility index (Phi) is 6.96. The molecule has 0 spiro atoms. The Bertz CT molecular complexity index is 1110. The lowest BCUT2D eigenvalue weighted by Crippen LogP contribution is -2.20. The third-order valence-corrected chi connectivity index (χ3v) is 5.14. The van der Waals surface area contributed by atoms with E-state index < -0.39 is 11.9 Å². The zero-order chi connectivity index (χ0) is 22.6. The monoisotopic (exact) mass is 451 g/mol. The second kappa shape index (κ2) is 9.48. The van der Waals surface area contributed by atoms with Gasteiger partial charge in [-0.2, -0.15) is 13.2 Å². The molecule has 9 heteroatoms. The molecule has 0 aliphatic heterocycles. The molecule has 0 aliphatic carbocycles. The summed E-state index contributed by atoms with van der Waals surface area (Å²) in [6.07, 6.45) is -2.68. The van der Waals surface area contributed by atoms with E-state index in [0.717, 1.165) is 12.1 Å². The third kappa shape index (κ3) is 5.05. The number of aromatic nitrogens is 1. The van der Waals surface area contributed by atoms with Crippen LogP contribution in [0.15, 0.2) is 34.9 Å². The van der Waals surface area contributed by atoms with E-state index in [1.54, 1.807) is 24.3 Å². The predicted octanol–water partition coefficient (Wildman–Crippen LogP) is 6.91. The number of fused-ring (bicyclic) bond motifs is 1. The second-order valence-electron chi connectivity index (χ2n) is 7.07. The van der Waals surface area contributed by atoms with E-state index in [2.05, 4.69) is 10.0 Å². The molecule has 0 bridgehead atoms. The molecule has 3 aromatic rings. The summed E-state index contributed by atoms with van der Waals surface area (Å²) in [5, 5.41) is 3.67. The zero-order valence-corrected chi connectivity index (χ0v) is 17.8. The van der Waals surface area contributed by atoms with Crippen LogP contribution < -0.4 is 9.64 Å². The van der Waals surface area contributed by atoms with Crippen LogP contribution in [-0.2, 0) is 12.6 Å². The number of hydrogen-bond donors (Lipinski definition) is 0. The van der Waals surface area contributed by atoms with Crippen LogP contribution in [0.2, 0.25) is 5.02 Å². The number of anilines is 1. The van der Waals surface area contributed by atoms with Gasteiger partial charge in [-0.15, -0.1) is 0 Å². The number of hydrogen-bond acceptors (Lipinski definition) is 4. The topological polar surface area (TPSA) is 42.9 Å². The van der Waals surface area contributed by atoms with Crippen LogP contribution in [0.1, 0.15) is 31.0 Å². The van der Waals surface area contributed by atoms with Gasteiger partial charge in [0, 0.05) is 19.2 Å². The molecule has 0 unspecified atom stereocenters. The molecule has 0 fully saturated rings. The average molecular weight is 452 g/mol. The van der Waals surface area contributed by atoms with Gasteiger partial charge < -0.3 is 14.2 Å². The van der Waals surface area contributed by atoms with Gasteiger partial charge in [0.15, 0.2) is 17.0 Å². The van der Waals surface area contributed by atoms with Crippen LogP contribution in [0.5, 0.6) is 5.75 Å². The first-order chi connectivity index (χ1) is 14.8. The molecule has 164 valence electrons. The minimum absolute atomic E-state index is 0.0551. The van der Waals surface area contributed by atoms with Gasteiger partial charge in [-0.05, 0) is 37.1 Å². The summed E-state index contributed by atoms with van der Waals surface area (Å²) in [4.78, 5) is 5.31. The molecule has 0 radical (unpaired) electrons. The first-order valence-electron chi connectivity index (χ1n) is 9.75. The molecule has 0 saturated heterocycles. The predicted molar refractivity (Wildman–Crippen MR) is 114 cm³/mol. The van der Waals surface area contributed by atoms with Crippen molar-refractivity contribution in [2.45, 2.75) is 32.4 Å². The molecular formula is C22H21ClF3N3O2. The van der Waals surface area contributed by atoms with E-state index in [4.69, 9.17) is 27.4 Å². The minimum Gasteiger partial charge on any atom is -0.493 e. The fraction of sp³-hybridized carbons (Fsp3) is 0.364. The molecule has 0 N–H and O–H groups in total. The van der Waals surface area contributed by atoms with Gasteiger partial charge >= 0.3 is 6.18 Å². The highest BCUT2D eigenvalue weighted by molar-refractivity contribution is 6.33. The maximum atomic E-state index is 13.1. The first kappa shape index (κ1) is 22.8. The molecular weight excluding hydrogens is 431 g/mol. The molecule has 1 aromatic heterocycles. The highest BCUT2D eigenvalue weighted by Gasteiger charge is 2.37. The lowest BCUT2D eigenvalue weighted by Gasteiger charge is -2.21. The molecule has 3 rings (SSSR count). The SMILES string of the molecule is [C-]#[N+]c1ccc(N(C)CCCOc2ccc3c(C(F)(F)F)noc3c2CCC)c(Cl)c1. The Balaban J connectivity index is 1.68. The van der Waals surface area contributed by atoms with Crippen molar-refractivity contribution in [2.75, 3.05) is 25.1 Å². The fourth-order valence-electron chi connectivity index (χ4n) is 3.35. The van der Waals surface area contributed by atoms with Gasteiger partial charge in [-0.25, -0.2) is 4.85 Å². The quantitative estimate of drug-likeness (QED) is 0.276. The van der Waals surface area contributed by atoms with Crippen molar-refractivity contribution >= 4 is 33.9 Å². The van der Waals surface area contributed by atoms with Crippen molar-refractivity contribution in [3.05, 3.63) is 58.0 Å². The summed E-state index contributed by atoms with van der Waals surface area (Å²) in [5.74, 6) is 0.501. The number of benzene rings is 2. The van der Waals surface area contributed by atoms with E-state index in [0.29, 0.717) is 48.0 Å². The lowest BCUT2D eigenvalue weighted by atomic mass is 10.0. The lowest BCUT2D eigenvalue weighted by molar-refractivity contribution is -0.141. The number of alkyl halides is 3. The molecule has 0 saturated carbocycles. The largest absolute Gasteiger partial charge is 0.493 e. The van der Waals surface area contributed by atoms with Crippen molar-refractivity contribution in [2.24, 2.45) is 0 Å². The summed E-state index contributed by atoms with van der Waals surface area (Å²) in [6.45, 7) is 9.97.